The molecule has 0 aromatic carbocycles. The summed E-state index contributed by atoms with van der Waals surface area (Å²) in [7, 11) is 0. The lowest BCUT2D eigenvalue weighted by atomic mass is 10.1. The summed E-state index contributed by atoms with van der Waals surface area (Å²) >= 11 is 3.04. The summed E-state index contributed by atoms with van der Waals surface area (Å²) in [5, 5.41) is 13.2. The van der Waals surface area contributed by atoms with E-state index < -0.39 is 17.2 Å². The Balaban J connectivity index is 1.82. The number of carbonyl (C=O) groups excluding carboxylic acids is 2. The van der Waals surface area contributed by atoms with Crippen LogP contribution >= 0.6 is 23.1 Å². The third kappa shape index (κ3) is 4.40. The maximum atomic E-state index is 12.3. The summed E-state index contributed by atoms with van der Waals surface area (Å²) in [4.78, 5) is 24.5. The maximum absolute atomic E-state index is 12.3. The van der Waals surface area contributed by atoms with Gasteiger partial charge in [0.05, 0.1) is 5.25 Å². The first-order valence-electron chi connectivity index (χ1n) is 8.18. The van der Waals surface area contributed by atoms with E-state index in [2.05, 4.69) is 26.1 Å². The molecule has 0 radical (unpaired) electrons. The van der Waals surface area contributed by atoms with Gasteiger partial charge in [-0.3, -0.25) is 10.1 Å². The second-order valence-corrected chi connectivity index (χ2v) is 8.53. The summed E-state index contributed by atoms with van der Waals surface area (Å²) < 4.78 is 2.15. The zero-order chi connectivity index (χ0) is 18.0. The maximum Gasteiger partial charge on any atom is 0.318 e. The first-order valence-corrected chi connectivity index (χ1v) is 9.94. The van der Waals surface area contributed by atoms with E-state index in [1.165, 1.54) is 16.6 Å². The van der Waals surface area contributed by atoms with Crippen molar-refractivity contribution < 1.29 is 9.59 Å². The van der Waals surface area contributed by atoms with Crippen LogP contribution in [-0.4, -0.2) is 32.0 Å². The fourth-order valence-corrected chi connectivity index (χ4v) is 4.40. The van der Waals surface area contributed by atoms with Crippen LogP contribution in [-0.2, 0) is 11.2 Å². The molecular weight excluding hydrogens is 358 g/mol. The number of hydrogen-bond acceptors (Lipinski definition) is 6. The molecule has 2 heterocycles. The molecule has 0 aliphatic heterocycles. The van der Waals surface area contributed by atoms with Gasteiger partial charge in [-0.2, -0.15) is 0 Å². The van der Waals surface area contributed by atoms with Crippen molar-refractivity contribution in [3.8, 4) is 0 Å². The number of thiophene rings is 1. The zero-order valence-electron chi connectivity index (χ0n) is 14.1. The van der Waals surface area contributed by atoms with Crippen molar-refractivity contribution >= 4 is 35.0 Å². The number of rotatable bonds is 7. The molecule has 9 heteroatoms. The Kier molecular flexibility index (Phi) is 5.43. The van der Waals surface area contributed by atoms with Gasteiger partial charge in [0, 0.05) is 17.3 Å². The number of aromatic nitrogens is 3. The second-order valence-electron chi connectivity index (χ2n) is 6.39. The molecule has 1 aliphatic rings. The molecule has 1 aliphatic carbocycles. The Morgan fingerprint density at radius 3 is 2.76 bits per heavy atom. The number of carbonyl (C=O) groups is 2. The van der Waals surface area contributed by atoms with Crippen LogP contribution in [0.5, 0.6) is 0 Å². The molecule has 0 bridgehead atoms. The summed E-state index contributed by atoms with van der Waals surface area (Å²) in [5.41, 5.74) is 5.08. The van der Waals surface area contributed by atoms with Crippen molar-refractivity contribution in [1.29, 1.82) is 0 Å². The van der Waals surface area contributed by atoms with Crippen LogP contribution in [0.2, 0.25) is 0 Å². The van der Waals surface area contributed by atoms with Crippen molar-refractivity contribution in [2.45, 2.75) is 49.6 Å². The van der Waals surface area contributed by atoms with Gasteiger partial charge in [0.2, 0.25) is 5.91 Å². The zero-order valence-corrected chi connectivity index (χ0v) is 15.8. The van der Waals surface area contributed by atoms with E-state index >= 15 is 0 Å². The van der Waals surface area contributed by atoms with Crippen molar-refractivity contribution in [3.05, 3.63) is 28.2 Å². The quantitative estimate of drug-likeness (QED) is 0.720. The van der Waals surface area contributed by atoms with Crippen molar-refractivity contribution in [1.82, 2.24) is 20.1 Å². The van der Waals surface area contributed by atoms with Crippen LogP contribution in [0.25, 0.3) is 0 Å². The summed E-state index contributed by atoms with van der Waals surface area (Å²) in [6.45, 7) is 3.87. The van der Waals surface area contributed by atoms with E-state index in [1.54, 1.807) is 11.3 Å². The van der Waals surface area contributed by atoms with E-state index in [1.807, 2.05) is 25.3 Å². The van der Waals surface area contributed by atoms with Crippen LogP contribution in [0.4, 0.5) is 4.79 Å². The molecule has 3 N–H and O–H groups in total. The van der Waals surface area contributed by atoms with E-state index in [9.17, 15) is 9.59 Å². The van der Waals surface area contributed by atoms with Gasteiger partial charge in [0.15, 0.2) is 5.16 Å². The monoisotopic (exact) mass is 379 g/mol. The summed E-state index contributed by atoms with van der Waals surface area (Å²) in [6.07, 6.45) is 2.94. The van der Waals surface area contributed by atoms with E-state index in [-0.39, 0.29) is 5.92 Å². The fourth-order valence-electron chi connectivity index (χ4n) is 2.58. The van der Waals surface area contributed by atoms with Crippen LogP contribution in [0, 0.1) is 5.92 Å². The fraction of sp³-hybridized carbons (Fsp3) is 0.500. The molecule has 7 nitrogen and oxygen atoms in total. The number of nitrogens with zero attached hydrogens (tertiary/aromatic N) is 3. The van der Waals surface area contributed by atoms with Gasteiger partial charge in [-0.05, 0) is 30.2 Å². The predicted molar refractivity (Wildman–Crippen MR) is 97.6 cm³/mol. The van der Waals surface area contributed by atoms with Gasteiger partial charge in [-0.1, -0.05) is 31.7 Å². The molecular formula is C16H21N5O2S2. The third-order valence-corrected chi connectivity index (χ3v) is 6.28. The highest BCUT2D eigenvalue weighted by atomic mass is 32.2. The van der Waals surface area contributed by atoms with Crippen LogP contribution in [0.3, 0.4) is 0 Å². The van der Waals surface area contributed by atoms with Gasteiger partial charge in [0.1, 0.15) is 5.82 Å². The molecule has 2 aromatic rings. The molecule has 0 saturated heterocycles. The first-order chi connectivity index (χ1) is 12.0. The molecule has 134 valence electrons. The van der Waals surface area contributed by atoms with Crippen molar-refractivity contribution in [2.75, 3.05) is 0 Å². The molecule has 0 spiro atoms. The third-order valence-electron chi connectivity index (χ3n) is 3.90. The summed E-state index contributed by atoms with van der Waals surface area (Å²) in [5.74, 6) is 0.553. The Morgan fingerprint density at radius 1 is 1.44 bits per heavy atom. The highest BCUT2D eigenvalue weighted by Gasteiger charge is 2.33. The average Bonchev–Trinajstić information content (AvgIpc) is 3.09. The Hall–Kier alpha value is -1.87. The highest BCUT2D eigenvalue weighted by Crippen LogP contribution is 2.40. The number of amides is 3. The van der Waals surface area contributed by atoms with Crippen molar-refractivity contribution in [3.63, 3.8) is 0 Å². The number of thioether (sulfide) groups is 1. The first kappa shape index (κ1) is 17.9. The SMILES string of the molecule is CC(C)C(Sc1nnc(Cc2cccs2)n1C1CC1)C(=O)NC(N)=O. The van der Waals surface area contributed by atoms with E-state index in [4.69, 9.17) is 5.73 Å². The molecule has 1 atom stereocenters. The van der Waals surface area contributed by atoms with Gasteiger partial charge in [-0.15, -0.1) is 21.5 Å². The van der Waals surface area contributed by atoms with Crippen molar-refractivity contribution in [2.24, 2.45) is 11.7 Å². The van der Waals surface area contributed by atoms with Gasteiger partial charge < -0.3 is 10.3 Å². The Bertz CT molecular complexity index is 753. The average molecular weight is 380 g/mol. The number of urea groups is 1. The lowest BCUT2D eigenvalue weighted by Gasteiger charge is -2.19. The number of hydrogen-bond donors (Lipinski definition) is 2. The molecule has 3 rings (SSSR count). The molecule has 1 unspecified atom stereocenters. The molecule has 1 saturated carbocycles. The topological polar surface area (TPSA) is 103 Å². The normalized spacial score (nSPS) is 15.3. The van der Waals surface area contributed by atoms with Crippen LogP contribution in [0.15, 0.2) is 22.7 Å². The van der Waals surface area contributed by atoms with Crippen LogP contribution in [0.1, 0.15) is 43.4 Å². The minimum atomic E-state index is -0.835. The Labute approximate surface area is 154 Å². The number of nitrogens with two attached hydrogens (primary N) is 1. The summed E-state index contributed by atoms with van der Waals surface area (Å²) in [6, 6.07) is 3.68. The van der Waals surface area contributed by atoms with Gasteiger partial charge in [0.25, 0.3) is 0 Å². The lowest BCUT2D eigenvalue weighted by Crippen LogP contribution is -2.42. The molecule has 25 heavy (non-hydrogen) atoms. The smallest absolute Gasteiger partial charge is 0.318 e. The number of nitrogens with one attached hydrogen (secondary N) is 1. The standard InChI is InChI=1S/C16H21N5O2S2/c1-9(2)13(14(22)18-15(17)23)25-16-20-19-12(21(16)10-5-6-10)8-11-4-3-7-24-11/h3-4,7,9-10,13H,5-6,8H2,1-2H3,(H3,17,18,22,23). The molecule has 2 aromatic heterocycles. The minimum absolute atomic E-state index is 0.0226. The number of imide groups is 1. The Morgan fingerprint density at radius 2 is 2.20 bits per heavy atom. The van der Waals surface area contributed by atoms with Gasteiger partial charge in [-0.25, -0.2) is 4.79 Å². The highest BCUT2D eigenvalue weighted by molar-refractivity contribution is 8.00. The second kappa shape index (κ2) is 7.57. The van der Waals surface area contributed by atoms with E-state index in [0.29, 0.717) is 6.04 Å². The minimum Gasteiger partial charge on any atom is -0.351 e. The van der Waals surface area contributed by atoms with Gasteiger partial charge >= 0.3 is 6.03 Å². The number of primary amides is 1. The predicted octanol–water partition coefficient (Wildman–Crippen LogP) is 2.58. The largest absolute Gasteiger partial charge is 0.351 e. The van der Waals surface area contributed by atoms with Crippen LogP contribution < -0.4 is 11.1 Å². The van der Waals surface area contributed by atoms with E-state index in [0.717, 1.165) is 30.2 Å². The molecule has 1 fully saturated rings. The lowest BCUT2D eigenvalue weighted by molar-refractivity contribution is -0.120. The molecule has 3 amide bonds.